The van der Waals surface area contributed by atoms with E-state index in [4.69, 9.17) is 9.47 Å². The van der Waals surface area contributed by atoms with Crippen LogP contribution in [0.1, 0.15) is 35.7 Å². The molecule has 0 saturated heterocycles. The average Bonchev–Trinajstić information content (AvgIpc) is 2.54. The minimum atomic E-state index is -0.278. The molecular formula is C13H15BrO3. The fourth-order valence-corrected chi connectivity index (χ4v) is 2.54. The van der Waals surface area contributed by atoms with E-state index in [1.807, 2.05) is 6.07 Å². The van der Waals surface area contributed by atoms with Gasteiger partial charge in [0, 0.05) is 0 Å². The van der Waals surface area contributed by atoms with E-state index < -0.39 is 0 Å². The van der Waals surface area contributed by atoms with Gasteiger partial charge in [-0.3, -0.25) is 0 Å². The van der Waals surface area contributed by atoms with Gasteiger partial charge in [-0.25, -0.2) is 4.79 Å². The maximum atomic E-state index is 11.7. The van der Waals surface area contributed by atoms with Crippen LogP contribution in [0.4, 0.5) is 0 Å². The second kappa shape index (κ2) is 5.54. The highest BCUT2D eigenvalue weighted by atomic mass is 79.9. The van der Waals surface area contributed by atoms with Gasteiger partial charge in [-0.2, -0.15) is 0 Å². The summed E-state index contributed by atoms with van der Waals surface area (Å²) in [6, 6.07) is 3.64. The Kier molecular flexibility index (Phi) is 4.05. The third kappa shape index (κ3) is 2.80. The zero-order chi connectivity index (χ0) is 12.3. The van der Waals surface area contributed by atoms with Gasteiger partial charge < -0.3 is 9.47 Å². The van der Waals surface area contributed by atoms with Gasteiger partial charge in [0.05, 0.1) is 23.2 Å². The van der Waals surface area contributed by atoms with E-state index in [1.165, 1.54) is 0 Å². The first kappa shape index (κ1) is 12.4. The molecule has 0 amide bonds. The smallest absolute Gasteiger partial charge is 0.338 e. The Balaban J connectivity index is 2.35. The number of fused-ring (bicyclic) bond motifs is 1. The number of benzene rings is 1. The molecule has 3 nitrogen and oxygen atoms in total. The molecule has 0 unspecified atom stereocenters. The average molecular weight is 299 g/mol. The van der Waals surface area contributed by atoms with Crippen molar-refractivity contribution in [2.24, 2.45) is 0 Å². The van der Waals surface area contributed by atoms with Crippen LogP contribution >= 0.6 is 15.9 Å². The predicted molar refractivity (Wildman–Crippen MR) is 68.5 cm³/mol. The third-order valence-corrected chi connectivity index (χ3v) is 3.31. The van der Waals surface area contributed by atoms with Crippen molar-refractivity contribution < 1.29 is 14.3 Å². The molecule has 0 spiro atoms. The van der Waals surface area contributed by atoms with Crippen LogP contribution in [0.15, 0.2) is 16.6 Å². The molecule has 0 N–H and O–H groups in total. The lowest BCUT2D eigenvalue weighted by Gasteiger charge is -2.11. The fourth-order valence-electron chi connectivity index (χ4n) is 1.92. The summed E-state index contributed by atoms with van der Waals surface area (Å²) in [5, 5.41) is 0. The Labute approximate surface area is 109 Å². The molecule has 1 aromatic carbocycles. The second-order valence-electron chi connectivity index (χ2n) is 3.97. The molecule has 0 aromatic heterocycles. The normalized spacial score (nSPS) is 14.5. The molecule has 1 aliphatic rings. The van der Waals surface area contributed by atoms with E-state index in [2.05, 4.69) is 15.9 Å². The Hall–Kier alpha value is -1.03. The van der Waals surface area contributed by atoms with Gasteiger partial charge in [-0.1, -0.05) is 0 Å². The number of halogens is 1. The summed E-state index contributed by atoms with van der Waals surface area (Å²) in [7, 11) is 0. The molecule has 0 fully saturated rings. The van der Waals surface area contributed by atoms with E-state index >= 15 is 0 Å². The molecule has 1 aromatic rings. The first-order valence-electron chi connectivity index (χ1n) is 5.84. The quantitative estimate of drug-likeness (QED) is 0.786. The van der Waals surface area contributed by atoms with Gasteiger partial charge >= 0.3 is 5.97 Å². The number of carbonyl (C=O) groups is 1. The molecule has 17 heavy (non-hydrogen) atoms. The highest BCUT2D eigenvalue weighted by Crippen LogP contribution is 2.34. The molecule has 4 heteroatoms. The zero-order valence-electron chi connectivity index (χ0n) is 9.79. The molecule has 1 heterocycles. The highest BCUT2D eigenvalue weighted by molar-refractivity contribution is 9.10. The van der Waals surface area contributed by atoms with Crippen molar-refractivity contribution in [2.75, 3.05) is 13.2 Å². The SMILES string of the molecule is CCOC(=O)c1cc(Br)c2c(c1)CCCCO2. The van der Waals surface area contributed by atoms with Gasteiger partial charge in [0.2, 0.25) is 0 Å². The number of ether oxygens (including phenoxy) is 2. The van der Waals surface area contributed by atoms with Gasteiger partial charge in [-0.15, -0.1) is 0 Å². The zero-order valence-corrected chi connectivity index (χ0v) is 11.4. The van der Waals surface area contributed by atoms with Crippen molar-refractivity contribution in [1.82, 2.24) is 0 Å². The van der Waals surface area contributed by atoms with Crippen molar-refractivity contribution in [2.45, 2.75) is 26.2 Å². The predicted octanol–water partition coefficient (Wildman–Crippen LogP) is 3.34. The van der Waals surface area contributed by atoms with Crippen molar-refractivity contribution >= 4 is 21.9 Å². The van der Waals surface area contributed by atoms with Crippen LogP contribution in [-0.4, -0.2) is 19.2 Å². The van der Waals surface area contributed by atoms with Crippen LogP contribution in [0.5, 0.6) is 5.75 Å². The molecule has 0 radical (unpaired) electrons. The minimum absolute atomic E-state index is 0.278. The van der Waals surface area contributed by atoms with Crippen LogP contribution in [0, 0.1) is 0 Å². The van der Waals surface area contributed by atoms with Gasteiger partial charge in [0.1, 0.15) is 5.75 Å². The van der Waals surface area contributed by atoms with Crippen LogP contribution in [0.2, 0.25) is 0 Å². The van der Waals surface area contributed by atoms with Gasteiger partial charge in [0.25, 0.3) is 0 Å². The lowest BCUT2D eigenvalue weighted by atomic mass is 10.1. The third-order valence-electron chi connectivity index (χ3n) is 2.72. The Morgan fingerprint density at radius 2 is 2.29 bits per heavy atom. The summed E-state index contributed by atoms with van der Waals surface area (Å²) in [6.07, 6.45) is 3.09. The van der Waals surface area contributed by atoms with Crippen molar-refractivity contribution in [3.05, 3.63) is 27.7 Å². The van der Waals surface area contributed by atoms with E-state index in [0.717, 1.165) is 41.7 Å². The maximum absolute atomic E-state index is 11.7. The molecule has 1 aliphatic heterocycles. The lowest BCUT2D eigenvalue weighted by Crippen LogP contribution is -2.06. The van der Waals surface area contributed by atoms with E-state index in [-0.39, 0.29) is 5.97 Å². The van der Waals surface area contributed by atoms with Gasteiger partial charge in [-0.05, 0) is 59.8 Å². The van der Waals surface area contributed by atoms with Crippen LogP contribution in [0.25, 0.3) is 0 Å². The van der Waals surface area contributed by atoms with Crippen LogP contribution in [-0.2, 0) is 11.2 Å². The molecule has 92 valence electrons. The van der Waals surface area contributed by atoms with Crippen molar-refractivity contribution in [3.8, 4) is 5.75 Å². The maximum Gasteiger partial charge on any atom is 0.338 e. The summed E-state index contributed by atoms with van der Waals surface area (Å²) >= 11 is 3.45. The molecule has 0 atom stereocenters. The number of carbonyl (C=O) groups excluding carboxylic acids is 1. The topological polar surface area (TPSA) is 35.5 Å². The summed E-state index contributed by atoms with van der Waals surface area (Å²) in [5.74, 6) is 0.593. The lowest BCUT2D eigenvalue weighted by molar-refractivity contribution is 0.0526. The highest BCUT2D eigenvalue weighted by Gasteiger charge is 2.17. The summed E-state index contributed by atoms with van der Waals surface area (Å²) in [4.78, 5) is 11.7. The number of esters is 1. The fraction of sp³-hybridized carbons (Fsp3) is 0.462. The summed E-state index contributed by atoms with van der Waals surface area (Å²) in [6.45, 7) is 2.94. The Morgan fingerprint density at radius 3 is 3.06 bits per heavy atom. The first-order valence-corrected chi connectivity index (χ1v) is 6.64. The summed E-state index contributed by atoms with van der Waals surface area (Å²) in [5.41, 5.74) is 1.67. The largest absolute Gasteiger partial charge is 0.492 e. The first-order chi connectivity index (χ1) is 8.22. The van der Waals surface area contributed by atoms with Crippen LogP contribution < -0.4 is 4.74 Å². The molecule has 2 rings (SSSR count). The Bertz CT molecular complexity index is 429. The number of aryl methyl sites for hydroxylation is 1. The number of hydrogen-bond donors (Lipinski definition) is 0. The van der Waals surface area contributed by atoms with Crippen molar-refractivity contribution in [3.63, 3.8) is 0 Å². The van der Waals surface area contributed by atoms with E-state index in [0.29, 0.717) is 12.2 Å². The number of hydrogen-bond acceptors (Lipinski definition) is 3. The molecule has 0 saturated carbocycles. The minimum Gasteiger partial charge on any atom is -0.492 e. The molecule has 0 bridgehead atoms. The Morgan fingerprint density at radius 1 is 1.47 bits per heavy atom. The van der Waals surface area contributed by atoms with E-state index in [9.17, 15) is 4.79 Å². The molecule has 0 aliphatic carbocycles. The summed E-state index contributed by atoms with van der Waals surface area (Å²) < 4.78 is 11.5. The number of rotatable bonds is 2. The monoisotopic (exact) mass is 298 g/mol. The molecular weight excluding hydrogens is 284 g/mol. The second-order valence-corrected chi connectivity index (χ2v) is 4.83. The van der Waals surface area contributed by atoms with E-state index in [1.54, 1.807) is 13.0 Å². The van der Waals surface area contributed by atoms with Crippen LogP contribution in [0.3, 0.4) is 0 Å². The van der Waals surface area contributed by atoms with Gasteiger partial charge in [0.15, 0.2) is 0 Å². The van der Waals surface area contributed by atoms with Crippen molar-refractivity contribution in [1.29, 1.82) is 0 Å². The standard InChI is InChI=1S/C13H15BrO3/c1-2-16-13(15)10-7-9-5-3-4-6-17-12(9)11(14)8-10/h7-8H,2-6H2,1H3.